The molecule has 1 aromatic heterocycles. The zero-order valence-corrected chi connectivity index (χ0v) is 23.7. The van der Waals surface area contributed by atoms with Crippen LogP contribution in [0, 0.1) is 17.8 Å². The molecule has 2 amide bonds. The zero-order valence-electron chi connectivity index (χ0n) is 22.9. The van der Waals surface area contributed by atoms with E-state index in [-0.39, 0.29) is 53.8 Å². The average Bonchev–Trinajstić information content (AvgIpc) is 3.28. The molecule has 0 spiro atoms. The molecule has 0 aliphatic rings. The molecular weight excluding hydrogens is 468 g/mol. The normalized spacial score (nSPS) is 16.1. The van der Waals surface area contributed by atoms with Crippen LogP contribution < -0.4 is 5.32 Å². The lowest BCUT2D eigenvalue weighted by atomic mass is 9.92. The molecule has 10 heteroatoms. The number of carbonyl (C=O) groups excluding carboxylic acids is 3. The summed E-state index contributed by atoms with van der Waals surface area (Å²) >= 11 is 1.18. The Hall–Kier alpha value is -2.04. The Morgan fingerprint density at radius 1 is 1.11 bits per heavy atom. The maximum Gasteiger partial charge on any atom is 0.357 e. The number of nitrogens with one attached hydrogen (secondary N) is 1. The summed E-state index contributed by atoms with van der Waals surface area (Å²) < 4.78 is 4.69. The van der Waals surface area contributed by atoms with Gasteiger partial charge in [0.05, 0.1) is 13.2 Å². The third-order valence-electron chi connectivity index (χ3n) is 6.51. The third-order valence-corrected chi connectivity index (χ3v) is 7.46. The lowest BCUT2D eigenvalue weighted by molar-refractivity contribution is -0.141. The minimum Gasteiger partial charge on any atom is -0.464 e. The lowest BCUT2D eigenvalue weighted by Crippen LogP contribution is -2.58. The fourth-order valence-electron chi connectivity index (χ4n) is 4.28. The molecule has 0 fully saturated rings. The largest absolute Gasteiger partial charge is 0.464 e. The fourth-order valence-corrected chi connectivity index (χ4v) is 5.07. The molecule has 0 aliphatic heterocycles. The molecule has 1 heterocycles. The van der Waals surface area contributed by atoms with E-state index in [1.54, 1.807) is 17.3 Å². The summed E-state index contributed by atoms with van der Waals surface area (Å²) in [7, 11) is 6.71. The first-order valence-corrected chi connectivity index (χ1v) is 13.1. The number of aliphatic hydroxyl groups excluding tert-OH is 1. The summed E-state index contributed by atoms with van der Waals surface area (Å²) in [6, 6.07) is -1.33. The molecule has 2 N–H and O–H groups in total. The molecule has 0 aliphatic carbocycles. The Kier molecular flexibility index (Phi) is 12.3. The van der Waals surface area contributed by atoms with Gasteiger partial charge in [0, 0.05) is 24.9 Å². The van der Waals surface area contributed by atoms with E-state index in [0.717, 1.165) is 6.42 Å². The van der Waals surface area contributed by atoms with Crippen LogP contribution in [0.3, 0.4) is 0 Å². The van der Waals surface area contributed by atoms with Gasteiger partial charge in [0.25, 0.3) is 0 Å². The molecule has 0 radical (unpaired) electrons. The predicted molar refractivity (Wildman–Crippen MR) is 138 cm³/mol. The molecule has 1 aromatic rings. The monoisotopic (exact) mass is 512 g/mol. The molecule has 200 valence electrons. The smallest absolute Gasteiger partial charge is 0.357 e. The van der Waals surface area contributed by atoms with Gasteiger partial charge in [0.1, 0.15) is 17.2 Å². The number of aromatic nitrogens is 1. The number of aliphatic hydroxyl groups is 1. The molecule has 35 heavy (non-hydrogen) atoms. The maximum atomic E-state index is 13.7. The number of likely N-dealkylation sites (N-methyl/N-ethyl adjacent to an activating group) is 2. The number of thiazole rings is 1. The van der Waals surface area contributed by atoms with Crippen molar-refractivity contribution < 1.29 is 24.2 Å². The van der Waals surface area contributed by atoms with Crippen LogP contribution in [0.25, 0.3) is 0 Å². The highest BCUT2D eigenvalue weighted by Crippen LogP contribution is 2.28. The number of methoxy groups -OCH3 is 1. The number of ether oxygens (including phenoxy) is 1. The van der Waals surface area contributed by atoms with E-state index in [4.69, 9.17) is 0 Å². The number of amides is 2. The van der Waals surface area contributed by atoms with Crippen molar-refractivity contribution >= 4 is 29.1 Å². The van der Waals surface area contributed by atoms with Gasteiger partial charge in [0.2, 0.25) is 11.8 Å². The Labute approximate surface area is 214 Å². The molecule has 1 rings (SSSR count). The average molecular weight is 513 g/mol. The number of esters is 1. The Balaban J connectivity index is 3.11. The summed E-state index contributed by atoms with van der Waals surface area (Å²) in [5.74, 6) is -0.857. The van der Waals surface area contributed by atoms with Crippen molar-refractivity contribution in [2.45, 2.75) is 78.6 Å². The second-order valence-corrected chi connectivity index (χ2v) is 11.0. The van der Waals surface area contributed by atoms with Crippen LogP contribution in [-0.4, -0.2) is 84.1 Å². The summed E-state index contributed by atoms with van der Waals surface area (Å²) in [5.41, 5.74) is 0.150. The van der Waals surface area contributed by atoms with Gasteiger partial charge < -0.3 is 20.1 Å². The van der Waals surface area contributed by atoms with Gasteiger partial charge in [-0.3, -0.25) is 14.5 Å². The van der Waals surface area contributed by atoms with Crippen LogP contribution >= 0.6 is 11.3 Å². The SMILES string of the molecule is CC[C@H](C)[C@H](NC(=O)[C@@H](C(C)C)N(C)C)C(=O)N(C)[C@H](C[C@@H](O)c1nc(C(=O)OC)cs1)C(C)C. The minimum absolute atomic E-state index is 0.0390. The Morgan fingerprint density at radius 3 is 2.17 bits per heavy atom. The Morgan fingerprint density at radius 2 is 1.71 bits per heavy atom. The van der Waals surface area contributed by atoms with Gasteiger partial charge in [-0.05, 0) is 31.8 Å². The number of hydrogen-bond donors (Lipinski definition) is 2. The van der Waals surface area contributed by atoms with Crippen molar-refractivity contribution in [1.82, 2.24) is 20.1 Å². The highest BCUT2D eigenvalue weighted by Gasteiger charge is 2.36. The van der Waals surface area contributed by atoms with Crippen molar-refractivity contribution in [3.63, 3.8) is 0 Å². The predicted octanol–water partition coefficient (Wildman–Crippen LogP) is 2.95. The van der Waals surface area contributed by atoms with E-state index < -0.39 is 18.1 Å². The molecular formula is C25H44N4O5S. The van der Waals surface area contributed by atoms with Crippen LogP contribution in [0.5, 0.6) is 0 Å². The van der Waals surface area contributed by atoms with E-state index in [0.29, 0.717) is 5.01 Å². The van der Waals surface area contributed by atoms with Crippen molar-refractivity contribution in [2.75, 3.05) is 28.3 Å². The van der Waals surface area contributed by atoms with E-state index >= 15 is 0 Å². The fraction of sp³-hybridized carbons (Fsp3) is 0.760. The van der Waals surface area contributed by atoms with E-state index in [1.807, 2.05) is 60.5 Å². The van der Waals surface area contributed by atoms with Crippen molar-refractivity contribution in [3.8, 4) is 0 Å². The van der Waals surface area contributed by atoms with Gasteiger partial charge in [-0.2, -0.15) is 0 Å². The third kappa shape index (κ3) is 8.25. The van der Waals surface area contributed by atoms with E-state index in [1.165, 1.54) is 18.4 Å². The molecule has 0 aromatic carbocycles. The molecule has 0 saturated carbocycles. The van der Waals surface area contributed by atoms with Gasteiger partial charge >= 0.3 is 5.97 Å². The molecule has 9 nitrogen and oxygen atoms in total. The summed E-state index contributed by atoms with van der Waals surface area (Å²) in [5, 5.41) is 15.8. The number of rotatable bonds is 13. The summed E-state index contributed by atoms with van der Waals surface area (Å²) in [6.07, 6.45) is 0.0295. The van der Waals surface area contributed by atoms with E-state index in [2.05, 4.69) is 15.0 Å². The van der Waals surface area contributed by atoms with Crippen LogP contribution in [-0.2, 0) is 14.3 Å². The van der Waals surface area contributed by atoms with Gasteiger partial charge in [-0.25, -0.2) is 9.78 Å². The maximum absolute atomic E-state index is 13.7. The molecule has 0 bridgehead atoms. The Bertz CT molecular complexity index is 834. The van der Waals surface area contributed by atoms with Crippen molar-refractivity contribution in [3.05, 3.63) is 16.1 Å². The minimum atomic E-state index is -0.947. The second-order valence-electron chi connectivity index (χ2n) is 10.1. The van der Waals surface area contributed by atoms with Gasteiger partial charge in [0.15, 0.2) is 5.69 Å². The van der Waals surface area contributed by atoms with Gasteiger partial charge in [-0.1, -0.05) is 48.0 Å². The van der Waals surface area contributed by atoms with Crippen LogP contribution in [0.15, 0.2) is 5.38 Å². The first-order chi connectivity index (χ1) is 16.3. The van der Waals surface area contributed by atoms with Crippen LogP contribution in [0.2, 0.25) is 0 Å². The highest BCUT2D eigenvalue weighted by atomic mass is 32.1. The van der Waals surface area contributed by atoms with Crippen molar-refractivity contribution in [1.29, 1.82) is 0 Å². The zero-order chi connectivity index (χ0) is 27.0. The molecule has 5 atom stereocenters. The first-order valence-electron chi connectivity index (χ1n) is 12.2. The molecule has 0 unspecified atom stereocenters. The number of hydrogen-bond acceptors (Lipinski definition) is 8. The number of nitrogens with zero attached hydrogens (tertiary/aromatic N) is 3. The second kappa shape index (κ2) is 13.9. The van der Waals surface area contributed by atoms with Crippen LogP contribution in [0.1, 0.15) is 76.0 Å². The number of carbonyl (C=O) groups is 3. The lowest BCUT2D eigenvalue weighted by Gasteiger charge is -2.37. The summed E-state index contributed by atoms with van der Waals surface area (Å²) in [4.78, 5) is 46.2. The standard InChI is InChI=1S/C25H44N4O5S/c1-11-16(6)20(27-22(31)21(15(4)5)28(7)8)24(32)29(9)18(14(2)3)12-19(30)23-26-17(13-35-23)25(33)34-10/h13-16,18-21,30H,11-12H2,1-10H3,(H,27,31)/t16-,18+,19+,20-,21+/m0/s1. The van der Waals surface area contributed by atoms with Crippen molar-refractivity contribution in [2.24, 2.45) is 17.8 Å². The summed E-state index contributed by atoms with van der Waals surface area (Å²) in [6.45, 7) is 11.9. The van der Waals surface area contributed by atoms with Gasteiger partial charge in [-0.15, -0.1) is 11.3 Å². The van der Waals surface area contributed by atoms with Crippen LogP contribution in [0.4, 0.5) is 0 Å². The highest BCUT2D eigenvalue weighted by molar-refractivity contribution is 7.09. The first kappa shape index (κ1) is 31.0. The molecule has 0 saturated heterocycles. The topological polar surface area (TPSA) is 112 Å². The quantitative estimate of drug-likeness (QED) is 0.391. The van der Waals surface area contributed by atoms with E-state index in [9.17, 15) is 19.5 Å².